The summed E-state index contributed by atoms with van der Waals surface area (Å²) in [6.07, 6.45) is -0.118. The normalized spacial score (nSPS) is 13.3. The van der Waals surface area contributed by atoms with Crippen LogP contribution in [0.2, 0.25) is 0 Å². The number of benzene rings is 2. The summed E-state index contributed by atoms with van der Waals surface area (Å²) in [6.45, 7) is 3.59. The third-order valence-electron chi connectivity index (χ3n) is 4.20. The number of hydrogen-bond donors (Lipinski definition) is 2. The van der Waals surface area contributed by atoms with E-state index in [0.717, 1.165) is 11.3 Å². The van der Waals surface area contributed by atoms with Gasteiger partial charge in [0.25, 0.3) is 0 Å². The Bertz CT molecular complexity index is 648. The molecule has 5 nitrogen and oxygen atoms in total. The minimum Gasteiger partial charge on any atom is -0.491 e. The molecular formula is C21H27NO4. The number of carbonyl (C=O) groups is 1. The molecule has 140 valence electrons. The summed E-state index contributed by atoms with van der Waals surface area (Å²) in [5, 5.41) is 19.4. The zero-order valence-corrected chi connectivity index (χ0v) is 15.1. The number of rotatable bonds is 11. The molecule has 0 aliphatic carbocycles. The van der Waals surface area contributed by atoms with Crippen molar-refractivity contribution < 1.29 is 19.7 Å². The molecule has 0 aliphatic rings. The molecule has 5 heteroatoms. The number of aliphatic hydroxyl groups is 1. The van der Waals surface area contributed by atoms with Crippen molar-refractivity contribution in [2.75, 3.05) is 19.7 Å². The van der Waals surface area contributed by atoms with Gasteiger partial charge in [-0.2, -0.15) is 0 Å². The lowest BCUT2D eigenvalue weighted by Crippen LogP contribution is -2.36. The Morgan fingerprint density at radius 3 is 2.31 bits per heavy atom. The van der Waals surface area contributed by atoms with Crippen LogP contribution in [0.3, 0.4) is 0 Å². The first kappa shape index (κ1) is 19.9. The highest BCUT2D eigenvalue weighted by molar-refractivity contribution is 5.69. The molecule has 0 bridgehead atoms. The minimum atomic E-state index is -0.794. The van der Waals surface area contributed by atoms with Crippen molar-refractivity contribution in [1.82, 2.24) is 4.90 Å². The molecule has 0 radical (unpaired) electrons. The van der Waals surface area contributed by atoms with Gasteiger partial charge >= 0.3 is 5.97 Å². The number of aliphatic hydroxyl groups excluding tert-OH is 1. The van der Waals surface area contributed by atoms with E-state index in [4.69, 9.17) is 9.84 Å². The number of para-hydroxylation sites is 1. The van der Waals surface area contributed by atoms with E-state index >= 15 is 0 Å². The fourth-order valence-corrected chi connectivity index (χ4v) is 2.64. The lowest BCUT2D eigenvalue weighted by atomic mass is 10.1. The Hall–Kier alpha value is -2.37. The van der Waals surface area contributed by atoms with Gasteiger partial charge in [-0.15, -0.1) is 0 Å². The second-order valence-corrected chi connectivity index (χ2v) is 6.53. The summed E-state index contributed by atoms with van der Waals surface area (Å²) in [5.74, 6) is -0.482. The molecule has 0 heterocycles. The minimum absolute atomic E-state index is 0.198. The maximum absolute atomic E-state index is 11.1. The number of carboxylic acid groups (broad SMARTS) is 1. The van der Waals surface area contributed by atoms with E-state index in [1.54, 1.807) is 6.92 Å². The second-order valence-electron chi connectivity index (χ2n) is 6.53. The molecule has 2 aromatic carbocycles. The zero-order valence-electron chi connectivity index (χ0n) is 15.1. The molecule has 0 aromatic heterocycles. The van der Waals surface area contributed by atoms with Crippen LogP contribution in [0.5, 0.6) is 5.75 Å². The fourth-order valence-electron chi connectivity index (χ4n) is 2.64. The monoisotopic (exact) mass is 357 g/mol. The molecule has 2 aromatic rings. The highest BCUT2D eigenvalue weighted by atomic mass is 16.5. The van der Waals surface area contributed by atoms with E-state index < -0.39 is 18.0 Å². The van der Waals surface area contributed by atoms with E-state index in [9.17, 15) is 9.90 Å². The van der Waals surface area contributed by atoms with Crippen LogP contribution >= 0.6 is 0 Å². The first-order chi connectivity index (χ1) is 12.5. The third-order valence-corrected chi connectivity index (χ3v) is 4.20. The third kappa shape index (κ3) is 7.25. The molecule has 2 rings (SSSR count). The number of ether oxygens (including phenoxy) is 1. The van der Waals surface area contributed by atoms with Crippen molar-refractivity contribution in [3.63, 3.8) is 0 Å². The molecule has 2 unspecified atom stereocenters. The lowest BCUT2D eigenvalue weighted by molar-refractivity contribution is -0.141. The predicted octanol–water partition coefficient (Wildman–Crippen LogP) is 3.04. The van der Waals surface area contributed by atoms with E-state index in [1.807, 2.05) is 60.7 Å². The van der Waals surface area contributed by atoms with Crippen molar-refractivity contribution >= 4 is 5.97 Å². The summed E-state index contributed by atoms with van der Waals surface area (Å²) in [5.41, 5.74) is 1.13. The van der Waals surface area contributed by atoms with Gasteiger partial charge in [0.05, 0.1) is 5.92 Å². The largest absolute Gasteiger partial charge is 0.491 e. The number of carboxylic acids is 1. The Labute approximate surface area is 154 Å². The Morgan fingerprint density at radius 2 is 1.69 bits per heavy atom. The zero-order chi connectivity index (χ0) is 18.8. The van der Waals surface area contributed by atoms with E-state index in [-0.39, 0.29) is 6.61 Å². The van der Waals surface area contributed by atoms with Gasteiger partial charge in [0, 0.05) is 13.1 Å². The molecule has 2 N–H and O–H groups in total. The van der Waals surface area contributed by atoms with Crippen molar-refractivity contribution in [3.8, 4) is 5.75 Å². The van der Waals surface area contributed by atoms with Gasteiger partial charge in [-0.05, 0) is 30.7 Å². The van der Waals surface area contributed by atoms with Crippen LogP contribution in [0.1, 0.15) is 18.9 Å². The standard InChI is InChI=1S/C21H27NO4/c1-17(21(24)25)12-13-22(14-18-8-4-2-5-9-18)15-19(23)16-26-20-10-6-3-7-11-20/h2-11,17,19,23H,12-16H2,1H3,(H,24,25). The molecule has 0 aliphatic heterocycles. The van der Waals surface area contributed by atoms with Crippen LogP contribution in [0.4, 0.5) is 0 Å². The summed E-state index contributed by atoms with van der Waals surface area (Å²) >= 11 is 0. The van der Waals surface area contributed by atoms with Gasteiger partial charge in [-0.25, -0.2) is 0 Å². The number of aliphatic carboxylic acids is 1. The lowest BCUT2D eigenvalue weighted by Gasteiger charge is -2.26. The predicted molar refractivity (Wildman–Crippen MR) is 101 cm³/mol. The van der Waals surface area contributed by atoms with Gasteiger partial charge in [-0.3, -0.25) is 9.69 Å². The molecule has 2 atom stereocenters. The Kier molecular flexibility index (Phi) is 8.12. The molecule has 0 saturated carbocycles. The highest BCUT2D eigenvalue weighted by Gasteiger charge is 2.17. The Balaban J connectivity index is 1.89. The van der Waals surface area contributed by atoms with Gasteiger partial charge < -0.3 is 14.9 Å². The maximum Gasteiger partial charge on any atom is 0.306 e. The quantitative estimate of drug-likeness (QED) is 0.647. The van der Waals surface area contributed by atoms with Gasteiger partial charge in [0.15, 0.2) is 0 Å². The fraction of sp³-hybridized carbons (Fsp3) is 0.381. The maximum atomic E-state index is 11.1. The van der Waals surface area contributed by atoms with Gasteiger partial charge in [0.1, 0.15) is 18.5 Å². The van der Waals surface area contributed by atoms with Crippen LogP contribution in [0.15, 0.2) is 60.7 Å². The molecule has 26 heavy (non-hydrogen) atoms. The number of nitrogens with zero attached hydrogens (tertiary/aromatic N) is 1. The number of hydrogen-bond acceptors (Lipinski definition) is 4. The molecule has 0 saturated heterocycles. The average Bonchev–Trinajstić information content (AvgIpc) is 2.65. The summed E-state index contributed by atoms with van der Waals surface area (Å²) in [7, 11) is 0. The van der Waals surface area contributed by atoms with Gasteiger partial charge in [-0.1, -0.05) is 55.5 Å². The molecule has 0 spiro atoms. The summed E-state index contributed by atoms with van der Waals surface area (Å²) < 4.78 is 5.61. The average molecular weight is 357 g/mol. The van der Waals surface area contributed by atoms with Crippen molar-refractivity contribution in [2.45, 2.75) is 26.0 Å². The molecular weight excluding hydrogens is 330 g/mol. The molecule has 0 amide bonds. The first-order valence-electron chi connectivity index (χ1n) is 8.89. The van der Waals surface area contributed by atoms with Crippen molar-refractivity contribution in [2.24, 2.45) is 5.92 Å². The summed E-state index contributed by atoms with van der Waals surface area (Å²) in [4.78, 5) is 13.1. The highest BCUT2D eigenvalue weighted by Crippen LogP contribution is 2.12. The van der Waals surface area contributed by atoms with Crippen LogP contribution in [-0.2, 0) is 11.3 Å². The van der Waals surface area contributed by atoms with Crippen molar-refractivity contribution in [3.05, 3.63) is 66.2 Å². The molecule has 0 fully saturated rings. The van der Waals surface area contributed by atoms with E-state index in [1.165, 1.54) is 0 Å². The van der Waals surface area contributed by atoms with Crippen LogP contribution in [0.25, 0.3) is 0 Å². The topological polar surface area (TPSA) is 70.0 Å². The van der Waals surface area contributed by atoms with Crippen LogP contribution < -0.4 is 4.74 Å². The van der Waals surface area contributed by atoms with E-state index in [0.29, 0.717) is 26.1 Å². The SMILES string of the molecule is CC(CCN(Cc1ccccc1)CC(O)COc1ccccc1)C(=O)O. The summed E-state index contributed by atoms with van der Waals surface area (Å²) in [6, 6.07) is 19.3. The second kappa shape index (κ2) is 10.6. The Morgan fingerprint density at radius 1 is 1.08 bits per heavy atom. The van der Waals surface area contributed by atoms with Crippen molar-refractivity contribution in [1.29, 1.82) is 0 Å². The van der Waals surface area contributed by atoms with Gasteiger partial charge in [0.2, 0.25) is 0 Å². The van der Waals surface area contributed by atoms with Crippen LogP contribution in [0, 0.1) is 5.92 Å². The van der Waals surface area contributed by atoms with E-state index in [2.05, 4.69) is 4.90 Å². The smallest absolute Gasteiger partial charge is 0.306 e. The van der Waals surface area contributed by atoms with Crippen LogP contribution in [-0.4, -0.2) is 46.9 Å². The first-order valence-corrected chi connectivity index (χ1v) is 8.89.